The molecule has 0 bridgehead atoms. The van der Waals surface area contributed by atoms with Crippen LogP contribution in [0.5, 0.6) is 11.5 Å². The van der Waals surface area contributed by atoms with Crippen molar-refractivity contribution >= 4 is 22.8 Å². The molecule has 27 heavy (non-hydrogen) atoms. The first-order valence-corrected chi connectivity index (χ1v) is 7.86. The molecule has 0 saturated heterocycles. The van der Waals surface area contributed by atoms with Crippen LogP contribution in [0, 0.1) is 0 Å². The average Bonchev–Trinajstić information content (AvgIpc) is 2.65. The number of benzene rings is 3. The second-order valence-corrected chi connectivity index (χ2v) is 5.60. The van der Waals surface area contributed by atoms with Crippen LogP contribution in [0.4, 0.5) is 13.2 Å². The van der Waals surface area contributed by atoms with Gasteiger partial charge in [0.15, 0.2) is 18.7 Å². The molecule has 0 aliphatic carbocycles. The second kappa shape index (κ2) is 7.49. The SMILES string of the molecule is O=Cc1ccc(OCC(=O)c2ccc(OC(F)(F)F)cc2)c2ccccc12. The smallest absolute Gasteiger partial charge is 0.485 e. The molecule has 0 amide bonds. The Bertz CT molecular complexity index is 979. The summed E-state index contributed by atoms with van der Waals surface area (Å²) >= 11 is 0. The molecule has 7 heteroatoms. The van der Waals surface area contributed by atoms with Crippen LogP contribution in [0.2, 0.25) is 0 Å². The van der Waals surface area contributed by atoms with Gasteiger partial charge in [-0.05, 0) is 41.8 Å². The molecule has 3 aromatic rings. The molecule has 0 aliphatic heterocycles. The third kappa shape index (κ3) is 4.44. The third-order valence-electron chi connectivity index (χ3n) is 3.81. The molecule has 138 valence electrons. The Kier molecular flexibility index (Phi) is 5.12. The highest BCUT2D eigenvalue weighted by molar-refractivity contribution is 6.01. The summed E-state index contributed by atoms with van der Waals surface area (Å²) in [5.41, 5.74) is 0.697. The summed E-state index contributed by atoms with van der Waals surface area (Å²) in [5, 5.41) is 1.38. The lowest BCUT2D eigenvalue weighted by atomic mass is 10.0. The molecule has 0 unspecified atom stereocenters. The molecule has 0 fully saturated rings. The number of hydrogen-bond donors (Lipinski definition) is 0. The molecule has 0 saturated carbocycles. The van der Waals surface area contributed by atoms with Crippen molar-refractivity contribution in [1.29, 1.82) is 0 Å². The molecule has 0 spiro atoms. The zero-order valence-electron chi connectivity index (χ0n) is 13.8. The van der Waals surface area contributed by atoms with Crippen LogP contribution in [-0.4, -0.2) is 25.0 Å². The van der Waals surface area contributed by atoms with Crippen molar-refractivity contribution in [3.05, 3.63) is 71.8 Å². The Labute approximate surface area is 152 Å². The minimum atomic E-state index is -4.79. The molecule has 3 rings (SSSR count). The van der Waals surface area contributed by atoms with Gasteiger partial charge in [0, 0.05) is 16.5 Å². The van der Waals surface area contributed by atoms with E-state index in [1.54, 1.807) is 36.4 Å². The van der Waals surface area contributed by atoms with Crippen molar-refractivity contribution in [2.45, 2.75) is 6.36 Å². The van der Waals surface area contributed by atoms with Gasteiger partial charge in [0.05, 0.1) is 0 Å². The van der Waals surface area contributed by atoms with Crippen LogP contribution in [0.15, 0.2) is 60.7 Å². The number of fused-ring (bicyclic) bond motifs is 1. The summed E-state index contributed by atoms with van der Waals surface area (Å²) in [6.45, 7) is -0.302. The van der Waals surface area contributed by atoms with E-state index in [1.807, 2.05) is 0 Å². The molecule has 0 heterocycles. The zero-order chi connectivity index (χ0) is 19.4. The van der Waals surface area contributed by atoms with E-state index in [9.17, 15) is 22.8 Å². The quantitative estimate of drug-likeness (QED) is 0.459. The van der Waals surface area contributed by atoms with Gasteiger partial charge in [-0.2, -0.15) is 0 Å². The summed E-state index contributed by atoms with van der Waals surface area (Å²) in [4.78, 5) is 23.4. The second-order valence-electron chi connectivity index (χ2n) is 5.60. The number of alkyl halides is 3. The Morgan fingerprint density at radius 1 is 0.926 bits per heavy atom. The Morgan fingerprint density at radius 3 is 2.22 bits per heavy atom. The number of carbonyl (C=O) groups is 2. The van der Waals surface area contributed by atoms with Crippen molar-refractivity contribution < 1.29 is 32.2 Å². The first kappa shape index (κ1) is 18.4. The molecule has 0 atom stereocenters. The Morgan fingerprint density at radius 2 is 1.59 bits per heavy atom. The van der Waals surface area contributed by atoms with E-state index < -0.39 is 17.9 Å². The summed E-state index contributed by atoms with van der Waals surface area (Å²) in [6.07, 6.45) is -4.05. The van der Waals surface area contributed by atoms with Gasteiger partial charge in [-0.3, -0.25) is 9.59 Å². The summed E-state index contributed by atoms with van der Waals surface area (Å²) in [5.74, 6) is -0.380. The van der Waals surface area contributed by atoms with Gasteiger partial charge >= 0.3 is 6.36 Å². The van der Waals surface area contributed by atoms with Crippen molar-refractivity contribution in [2.24, 2.45) is 0 Å². The van der Waals surface area contributed by atoms with E-state index in [4.69, 9.17) is 4.74 Å². The summed E-state index contributed by atoms with van der Waals surface area (Å²) in [6, 6.07) is 14.9. The third-order valence-corrected chi connectivity index (χ3v) is 3.81. The van der Waals surface area contributed by atoms with Crippen molar-refractivity contribution in [2.75, 3.05) is 6.61 Å². The molecule has 0 aliphatic rings. The number of Topliss-reactive ketones (excluding diaryl/α,β-unsaturated/α-hetero) is 1. The topological polar surface area (TPSA) is 52.6 Å². The van der Waals surface area contributed by atoms with Gasteiger partial charge in [0.25, 0.3) is 0 Å². The number of halogens is 3. The molecule has 0 N–H and O–H groups in total. The van der Waals surface area contributed by atoms with E-state index in [0.717, 1.165) is 18.4 Å². The van der Waals surface area contributed by atoms with Crippen LogP contribution in [-0.2, 0) is 0 Å². The lowest BCUT2D eigenvalue weighted by molar-refractivity contribution is -0.274. The number of ether oxygens (including phenoxy) is 2. The van der Waals surface area contributed by atoms with Crippen LogP contribution < -0.4 is 9.47 Å². The number of ketones is 1. The van der Waals surface area contributed by atoms with E-state index in [-0.39, 0.29) is 12.2 Å². The molecular weight excluding hydrogens is 361 g/mol. The Hall–Kier alpha value is -3.35. The number of carbonyl (C=O) groups excluding carboxylic acids is 2. The zero-order valence-corrected chi connectivity index (χ0v) is 13.8. The number of aldehydes is 1. The van der Waals surface area contributed by atoms with E-state index in [1.165, 1.54) is 12.1 Å². The van der Waals surface area contributed by atoms with Gasteiger partial charge < -0.3 is 9.47 Å². The highest BCUT2D eigenvalue weighted by Gasteiger charge is 2.31. The highest BCUT2D eigenvalue weighted by Crippen LogP contribution is 2.28. The maximum atomic E-state index is 12.2. The first-order valence-electron chi connectivity index (χ1n) is 7.86. The van der Waals surface area contributed by atoms with Crippen LogP contribution in [0.25, 0.3) is 10.8 Å². The maximum absolute atomic E-state index is 12.2. The summed E-state index contributed by atoms with van der Waals surface area (Å²) < 4.78 is 45.8. The van der Waals surface area contributed by atoms with Crippen LogP contribution in [0.3, 0.4) is 0 Å². The summed E-state index contributed by atoms with van der Waals surface area (Å²) in [7, 11) is 0. The van der Waals surface area contributed by atoms with Crippen LogP contribution in [0.1, 0.15) is 20.7 Å². The number of hydrogen-bond acceptors (Lipinski definition) is 4. The predicted octanol–water partition coefficient (Wildman–Crippen LogP) is 4.81. The van der Waals surface area contributed by atoms with Gasteiger partial charge in [-0.25, -0.2) is 0 Å². The van der Waals surface area contributed by atoms with E-state index in [2.05, 4.69) is 4.74 Å². The highest BCUT2D eigenvalue weighted by atomic mass is 19.4. The van der Waals surface area contributed by atoms with Crippen LogP contribution >= 0.6 is 0 Å². The monoisotopic (exact) mass is 374 g/mol. The molecule has 0 radical (unpaired) electrons. The Balaban J connectivity index is 1.73. The van der Waals surface area contributed by atoms with Gasteiger partial charge in [-0.15, -0.1) is 13.2 Å². The molecule has 4 nitrogen and oxygen atoms in total. The fourth-order valence-electron chi connectivity index (χ4n) is 2.59. The van der Waals surface area contributed by atoms with Crippen molar-refractivity contribution in [3.8, 4) is 11.5 Å². The van der Waals surface area contributed by atoms with Gasteiger partial charge in [0.2, 0.25) is 0 Å². The minimum absolute atomic E-state index is 0.193. The molecular formula is C20H13F3O4. The van der Waals surface area contributed by atoms with Gasteiger partial charge in [0.1, 0.15) is 11.5 Å². The lowest BCUT2D eigenvalue weighted by Gasteiger charge is -2.11. The largest absolute Gasteiger partial charge is 0.573 e. The standard InChI is InChI=1S/C20H13F3O4/c21-20(22,23)27-15-8-5-13(6-9-15)18(25)12-26-19-10-7-14(11-24)16-3-1-2-4-17(16)19/h1-11H,12H2. The predicted molar refractivity (Wildman–Crippen MR) is 92.3 cm³/mol. The van der Waals surface area contributed by atoms with E-state index >= 15 is 0 Å². The fourth-order valence-corrected chi connectivity index (χ4v) is 2.59. The normalized spacial score (nSPS) is 11.2. The first-order chi connectivity index (χ1) is 12.9. The minimum Gasteiger partial charge on any atom is -0.485 e. The number of rotatable bonds is 6. The van der Waals surface area contributed by atoms with Crippen molar-refractivity contribution in [1.82, 2.24) is 0 Å². The maximum Gasteiger partial charge on any atom is 0.573 e. The van der Waals surface area contributed by atoms with Gasteiger partial charge in [-0.1, -0.05) is 24.3 Å². The molecule has 3 aromatic carbocycles. The fraction of sp³-hybridized carbons (Fsp3) is 0.100. The lowest BCUT2D eigenvalue weighted by Crippen LogP contribution is -2.17. The molecule has 0 aromatic heterocycles. The van der Waals surface area contributed by atoms with Crippen molar-refractivity contribution in [3.63, 3.8) is 0 Å². The van der Waals surface area contributed by atoms with E-state index in [0.29, 0.717) is 22.1 Å². The average molecular weight is 374 g/mol.